The monoisotopic (exact) mass is 329 g/mol. The molecule has 0 saturated carbocycles. The number of carbonyl (C=O) groups is 1. The summed E-state index contributed by atoms with van der Waals surface area (Å²) in [6.07, 6.45) is 2.51. The van der Waals surface area contributed by atoms with Crippen LogP contribution in [0.2, 0.25) is 0 Å². The molecule has 1 N–H and O–H groups in total. The van der Waals surface area contributed by atoms with Crippen LogP contribution >= 0.6 is 0 Å². The van der Waals surface area contributed by atoms with Crippen LogP contribution < -0.4 is 0 Å². The van der Waals surface area contributed by atoms with Crippen LogP contribution in [-0.2, 0) is 4.74 Å². The molecule has 1 atom stereocenters. The number of aromatic amines is 1. The highest BCUT2D eigenvalue weighted by molar-refractivity contribution is 5.94. The third-order valence-corrected chi connectivity index (χ3v) is 4.14. The summed E-state index contributed by atoms with van der Waals surface area (Å²) < 4.78 is 5.77. The molecule has 1 aliphatic heterocycles. The van der Waals surface area contributed by atoms with Crippen LogP contribution in [0.5, 0.6) is 0 Å². The summed E-state index contributed by atoms with van der Waals surface area (Å²) in [5.41, 5.74) is 1.60. The number of nitrogens with one attached hydrogen (secondary N) is 1. The first-order chi connectivity index (χ1) is 11.6. The minimum atomic E-state index is 0.0530. The largest absolute Gasteiger partial charge is 0.374 e. The van der Waals surface area contributed by atoms with Crippen molar-refractivity contribution in [2.24, 2.45) is 0 Å². The summed E-state index contributed by atoms with van der Waals surface area (Å²) in [4.78, 5) is 20.8. The van der Waals surface area contributed by atoms with E-state index in [2.05, 4.69) is 20.1 Å². The third-order valence-electron chi connectivity index (χ3n) is 4.14. The van der Waals surface area contributed by atoms with Crippen molar-refractivity contribution in [3.63, 3.8) is 0 Å². The summed E-state index contributed by atoms with van der Waals surface area (Å²) in [5, 5.41) is 6.66. The average molecular weight is 329 g/mol. The highest BCUT2D eigenvalue weighted by atomic mass is 16.5. The van der Waals surface area contributed by atoms with E-state index in [-0.39, 0.29) is 12.0 Å². The van der Waals surface area contributed by atoms with Gasteiger partial charge in [-0.2, -0.15) is 5.10 Å². The predicted molar refractivity (Wildman–Crippen MR) is 90.6 cm³/mol. The first-order valence-corrected chi connectivity index (χ1v) is 8.15. The summed E-state index contributed by atoms with van der Waals surface area (Å²) >= 11 is 0. The van der Waals surface area contributed by atoms with Gasteiger partial charge in [-0.1, -0.05) is 12.1 Å². The molecule has 2 aromatic rings. The van der Waals surface area contributed by atoms with E-state index in [1.807, 2.05) is 43.3 Å². The fraction of sp³-hybridized carbons (Fsp3) is 0.471. The van der Waals surface area contributed by atoms with E-state index in [0.29, 0.717) is 31.1 Å². The van der Waals surface area contributed by atoms with E-state index in [1.54, 1.807) is 0 Å². The number of carbonyl (C=O) groups excluding carboxylic acids is 1. The van der Waals surface area contributed by atoms with Crippen LogP contribution in [0, 0.1) is 0 Å². The Morgan fingerprint density at radius 3 is 2.83 bits per heavy atom. The normalized spacial score (nSPS) is 18.1. The van der Waals surface area contributed by atoms with Gasteiger partial charge in [0, 0.05) is 30.8 Å². The predicted octanol–water partition coefficient (Wildman–Crippen LogP) is 1.26. The van der Waals surface area contributed by atoms with Crippen molar-refractivity contribution in [1.82, 2.24) is 25.0 Å². The fourth-order valence-electron chi connectivity index (χ4n) is 2.78. The van der Waals surface area contributed by atoms with Gasteiger partial charge in [0.25, 0.3) is 5.91 Å². The second-order valence-electron chi connectivity index (χ2n) is 6.25. The van der Waals surface area contributed by atoms with Crippen molar-refractivity contribution in [2.75, 3.05) is 40.3 Å². The van der Waals surface area contributed by atoms with Crippen molar-refractivity contribution >= 4 is 5.91 Å². The lowest BCUT2D eigenvalue weighted by Crippen LogP contribution is -2.46. The Balaban J connectivity index is 1.63. The maximum Gasteiger partial charge on any atom is 0.254 e. The topological polar surface area (TPSA) is 74.4 Å². The fourth-order valence-corrected chi connectivity index (χ4v) is 2.78. The molecule has 1 fully saturated rings. The van der Waals surface area contributed by atoms with Crippen LogP contribution in [0.3, 0.4) is 0 Å². The zero-order valence-electron chi connectivity index (χ0n) is 14.1. The molecule has 7 heteroatoms. The molecule has 1 aliphatic rings. The van der Waals surface area contributed by atoms with E-state index < -0.39 is 0 Å². The number of rotatable bonds is 5. The van der Waals surface area contributed by atoms with E-state index in [1.165, 1.54) is 6.33 Å². The molecule has 128 valence electrons. The minimum Gasteiger partial charge on any atom is -0.374 e. The quantitative estimate of drug-likeness (QED) is 0.894. The lowest BCUT2D eigenvalue weighted by Gasteiger charge is -2.33. The number of nitrogens with zero attached hydrogens (tertiary/aromatic N) is 4. The first-order valence-electron chi connectivity index (χ1n) is 8.15. The van der Waals surface area contributed by atoms with Gasteiger partial charge >= 0.3 is 0 Å². The van der Waals surface area contributed by atoms with Gasteiger partial charge in [0.1, 0.15) is 6.33 Å². The lowest BCUT2D eigenvalue weighted by molar-refractivity contribution is -0.0269. The Hall–Kier alpha value is -2.25. The van der Waals surface area contributed by atoms with E-state index in [9.17, 15) is 4.79 Å². The van der Waals surface area contributed by atoms with Crippen LogP contribution in [-0.4, -0.2) is 77.3 Å². The molecule has 24 heavy (non-hydrogen) atoms. The van der Waals surface area contributed by atoms with Gasteiger partial charge in [0.05, 0.1) is 12.7 Å². The lowest BCUT2D eigenvalue weighted by atomic mass is 10.1. The van der Waals surface area contributed by atoms with Crippen LogP contribution in [0.15, 0.2) is 30.6 Å². The van der Waals surface area contributed by atoms with Crippen molar-refractivity contribution in [2.45, 2.75) is 12.5 Å². The van der Waals surface area contributed by atoms with Gasteiger partial charge in [0.15, 0.2) is 5.82 Å². The Morgan fingerprint density at radius 1 is 1.38 bits per heavy atom. The molecule has 7 nitrogen and oxygen atoms in total. The number of benzene rings is 1. The van der Waals surface area contributed by atoms with Crippen LogP contribution in [0.1, 0.15) is 16.8 Å². The molecule has 2 heterocycles. The Labute approximate surface area is 141 Å². The standard InChI is InChI=1S/C17H23N5O2/c1-21(2)8-7-15-11-22(9-10-24-15)17(23)14-5-3-13(4-6-14)16-18-12-19-20-16/h3-6,12,15H,7-11H2,1-2H3,(H,18,19,20)/t15-/m0/s1. The van der Waals surface area contributed by atoms with Crippen molar-refractivity contribution < 1.29 is 9.53 Å². The van der Waals surface area contributed by atoms with E-state index >= 15 is 0 Å². The van der Waals surface area contributed by atoms with E-state index in [0.717, 1.165) is 18.5 Å². The minimum absolute atomic E-state index is 0.0530. The third kappa shape index (κ3) is 3.98. The Bertz CT molecular complexity index is 654. The molecule has 1 amide bonds. The molecule has 0 unspecified atom stereocenters. The second kappa shape index (κ2) is 7.55. The summed E-state index contributed by atoms with van der Waals surface area (Å²) in [6.45, 7) is 2.84. The zero-order valence-corrected chi connectivity index (χ0v) is 14.1. The Morgan fingerprint density at radius 2 is 2.17 bits per heavy atom. The number of amides is 1. The highest BCUT2D eigenvalue weighted by Crippen LogP contribution is 2.17. The van der Waals surface area contributed by atoms with Crippen molar-refractivity contribution in [1.29, 1.82) is 0 Å². The molecule has 0 bridgehead atoms. The molecular formula is C17H23N5O2. The highest BCUT2D eigenvalue weighted by Gasteiger charge is 2.25. The van der Waals surface area contributed by atoms with Gasteiger partial charge in [-0.05, 0) is 32.6 Å². The molecule has 0 spiro atoms. The van der Waals surface area contributed by atoms with Gasteiger partial charge in [-0.3, -0.25) is 9.89 Å². The van der Waals surface area contributed by atoms with Gasteiger partial charge in [-0.15, -0.1) is 0 Å². The molecule has 1 aromatic heterocycles. The number of H-pyrrole nitrogens is 1. The number of aromatic nitrogens is 3. The van der Waals surface area contributed by atoms with Gasteiger partial charge < -0.3 is 14.5 Å². The molecular weight excluding hydrogens is 306 g/mol. The van der Waals surface area contributed by atoms with E-state index in [4.69, 9.17) is 4.74 Å². The van der Waals surface area contributed by atoms with Crippen LogP contribution in [0.4, 0.5) is 0 Å². The van der Waals surface area contributed by atoms with Gasteiger partial charge in [0.2, 0.25) is 0 Å². The number of hydrogen-bond acceptors (Lipinski definition) is 5. The zero-order chi connectivity index (χ0) is 16.9. The summed E-state index contributed by atoms with van der Waals surface area (Å²) in [5.74, 6) is 0.751. The maximum atomic E-state index is 12.7. The Kier molecular flexibility index (Phi) is 5.22. The SMILES string of the molecule is CN(C)CC[C@H]1CN(C(=O)c2ccc(-c3ncn[nH]3)cc2)CCO1. The van der Waals surface area contributed by atoms with Crippen molar-refractivity contribution in [3.8, 4) is 11.4 Å². The molecule has 0 aliphatic carbocycles. The molecule has 0 radical (unpaired) electrons. The molecule has 3 rings (SSSR count). The average Bonchev–Trinajstić information content (AvgIpc) is 3.14. The smallest absolute Gasteiger partial charge is 0.254 e. The van der Waals surface area contributed by atoms with Gasteiger partial charge in [-0.25, -0.2) is 4.98 Å². The number of ether oxygens (including phenoxy) is 1. The van der Waals surface area contributed by atoms with Crippen LogP contribution in [0.25, 0.3) is 11.4 Å². The van der Waals surface area contributed by atoms with Crippen molar-refractivity contribution in [3.05, 3.63) is 36.2 Å². The molecule has 1 aromatic carbocycles. The summed E-state index contributed by atoms with van der Waals surface area (Å²) in [6, 6.07) is 7.45. The second-order valence-corrected chi connectivity index (χ2v) is 6.25. The maximum absolute atomic E-state index is 12.7. The first kappa shape index (κ1) is 16.6. The summed E-state index contributed by atoms with van der Waals surface area (Å²) in [7, 11) is 4.09. The number of morpholine rings is 1. The molecule has 1 saturated heterocycles. The number of hydrogen-bond donors (Lipinski definition) is 1.